The van der Waals surface area contributed by atoms with E-state index in [0.29, 0.717) is 19.0 Å². The predicted octanol–water partition coefficient (Wildman–Crippen LogP) is 2.51. The van der Waals surface area contributed by atoms with E-state index in [2.05, 4.69) is 42.9 Å². The number of halogens is 1. The van der Waals surface area contributed by atoms with Gasteiger partial charge in [-0.2, -0.15) is 0 Å². The molecule has 2 fully saturated rings. The summed E-state index contributed by atoms with van der Waals surface area (Å²) < 4.78 is 0. The molecule has 1 amide bonds. The van der Waals surface area contributed by atoms with Crippen LogP contribution in [0.15, 0.2) is 22.5 Å². The zero-order valence-electron chi connectivity index (χ0n) is 15.4. The minimum Gasteiger partial charge on any atom is -0.360 e. The number of hydrogen-bond donors (Lipinski definition) is 2. The molecule has 2 N–H and O–H groups in total. The molecule has 0 bridgehead atoms. The first-order valence-electron chi connectivity index (χ1n) is 9.29. The van der Waals surface area contributed by atoms with Crippen molar-refractivity contribution in [2.24, 2.45) is 4.99 Å². The first-order valence-corrected chi connectivity index (χ1v) is 10.2. The molecule has 0 atom stereocenters. The molecule has 2 heterocycles. The summed E-state index contributed by atoms with van der Waals surface area (Å²) in [5.74, 6) is 1.05. The monoisotopic (exact) mass is 491 g/mol. The van der Waals surface area contributed by atoms with E-state index in [1.165, 1.54) is 17.8 Å². The van der Waals surface area contributed by atoms with Crippen molar-refractivity contribution in [3.8, 4) is 0 Å². The summed E-state index contributed by atoms with van der Waals surface area (Å²) in [6.07, 6.45) is 5.26. The highest BCUT2D eigenvalue weighted by atomic mass is 127. The second-order valence-corrected chi connectivity index (χ2v) is 7.62. The number of thiophene rings is 1. The van der Waals surface area contributed by atoms with E-state index in [1.54, 1.807) is 11.3 Å². The maximum Gasteiger partial charge on any atom is 0.221 e. The number of aliphatic imine (C=N–C) groups is 1. The number of hydrogen-bond acceptors (Lipinski definition) is 4. The quantitative estimate of drug-likeness (QED) is 0.378. The Hall–Kier alpha value is -1.03. The molecule has 2 aliphatic rings. The molecule has 3 rings (SSSR count). The summed E-state index contributed by atoms with van der Waals surface area (Å²) in [6, 6.07) is 4.68. The molecule has 0 unspecified atom stereocenters. The maximum absolute atomic E-state index is 12.0. The van der Waals surface area contributed by atoms with Crippen LogP contribution < -0.4 is 15.5 Å². The number of amides is 1. The van der Waals surface area contributed by atoms with Crippen molar-refractivity contribution in [3.63, 3.8) is 0 Å². The number of rotatable bonds is 5. The van der Waals surface area contributed by atoms with Crippen molar-refractivity contribution in [3.05, 3.63) is 17.5 Å². The maximum atomic E-state index is 12.0. The summed E-state index contributed by atoms with van der Waals surface area (Å²) in [7, 11) is 1.81. The van der Waals surface area contributed by atoms with E-state index in [9.17, 15) is 4.79 Å². The van der Waals surface area contributed by atoms with Gasteiger partial charge in [-0.3, -0.25) is 9.79 Å². The van der Waals surface area contributed by atoms with Gasteiger partial charge in [-0.1, -0.05) is 12.8 Å². The fourth-order valence-corrected chi connectivity index (χ4v) is 4.36. The molecule has 1 aromatic rings. The lowest BCUT2D eigenvalue weighted by atomic mass is 10.2. The van der Waals surface area contributed by atoms with Crippen molar-refractivity contribution < 1.29 is 4.79 Å². The molecule has 0 radical (unpaired) electrons. The smallest absolute Gasteiger partial charge is 0.221 e. The topological polar surface area (TPSA) is 60.0 Å². The number of carbonyl (C=O) groups is 1. The second-order valence-electron chi connectivity index (χ2n) is 6.70. The highest BCUT2D eigenvalue weighted by Gasteiger charge is 2.21. The largest absolute Gasteiger partial charge is 0.360 e. The molecule has 1 aliphatic heterocycles. The average molecular weight is 491 g/mol. The summed E-state index contributed by atoms with van der Waals surface area (Å²) in [5, 5.41) is 9.94. The molecule has 8 heteroatoms. The minimum absolute atomic E-state index is 0. The van der Waals surface area contributed by atoms with Gasteiger partial charge in [0.15, 0.2) is 5.96 Å². The highest BCUT2D eigenvalue weighted by Crippen LogP contribution is 2.22. The molecule has 1 aliphatic carbocycles. The molecule has 6 nitrogen and oxygen atoms in total. The van der Waals surface area contributed by atoms with E-state index in [4.69, 9.17) is 0 Å². The lowest BCUT2D eigenvalue weighted by Crippen LogP contribution is -2.52. The number of guanidine groups is 1. The summed E-state index contributed by atoms with van der Waals surface area (Å²) in [5.41, 5.74) is 0. The number of piperazine rings is 1. The van der Waals surface area contributed by atoms with Crippen LogP contribution in [0.25, 0.3) is 0 Å². The first kappa shape index (κ1) is 21.3. The lowest BCUT2D eigenvalue weighted by molar-refractivity contribution is -0.121. The molecule has 1 aromatic heterocycles. The fraction of sp³-hybridized carbons (Fsp3) is 0.667. The van der Waals surface area contributed by atoms with E-state index in [-0.39, 0.29) is 29.9 Å². The van der Waals surface area contributed by atoms with Crippen molar-refractivity contribution in [1.82, 2.24) is 15.5 Å². The fourth-order valence-electron chi connectivity index (χ4n) is 3.58. The van der Waals surface area contributed by atoms with E-state index in [0.717, 1.165) is 45.0 Å². The second kappa shape index (κ2) is 11.0. The van der Waals surface area contributed by atoms with Gasteiger partial charge in [0.2, 0.25) is 5.91 Å². The Morgan fingerprint density at radius 3 is 2.62 bits per heavy atom. The molecule has 1 saturated carbocycles. The van der Waals surface area contributed by atoms with Crippen molar-refractivity contribution in [1.29, 1.82) is 0 Å². The molecular weight excluding hydrogens is 461 g/mol. The Morgan fingerprint density at radius 2 is 2.00 bits per heavy atom. The Kier molecular flexibility index (Phi) is 8.97. The van der Waals surface area contributed by atoms with Gasteiger partial charge in [0.05, 0.1) is 5.00 Å². The Balaban J connectivity index is 0.00000243. The Bertz CT molecular complexity index is 566. The number of carbonyl (C=O) groups excluding carboxylic acids is 1. The number of nitrogens with one attached hydrogen (secondary N) is 2. The predicted molar refractivity (Wildman–Crippen MR) is 120 cm³/mol. The van der Waals surface area contributed by atoms with Gasteiger partial charge in [0.1, 0.15) is 0 Å². The molecule has 0 spiro atoms. The number of nitrogens with zero attached hydrogens (tertiary/aromatic N) is 3. The third kappa shape index (κ3) is 6.00. The summed E-state index contributed by atoms with van der Waals surface area (Å²) in [4.78, 5) is 21.1. The van der Waals surface area contributed by atoms with Crippen molar-refractivity contribution >= 4 is 52.2 Å². The van der Waals surface area contributed by atoms with Gasteiger partial charge >= 0.3 is 0 Å². The van der Waals surface area contributed by atoms with Crippen LogP contribution in [0.4, 0.5) is 5.00 Å². The Labute approximate surface area is 177 Å². The van der Waals surface area contributed by atoms with Gasteiger partial charge in [-0.15, -0.1) is 35.3 Å². The summed E-state index contributed by atoms with van der Waals surface area (Å²) >= 11 is 1.79. The van der Waals surface area contributed by atoms with Crippen LogP contribution in [0.2, 0.25) is 0 Å². The van der Waals surface area contributed by atoms with Crippen LogP contribution in [0.3, 0.4) is 0 Å². The standard InChI is InChI=1S/C18H29N5OS.HI/c1-19-18(20-9-8-16(24)21-15-5-2-3-6-15)23-12-10-22(11-13-23)17-7-4-14-25-17;/h4,7,14-15H,2-3,5-6,8-13H2,1H3,(H,19,20)(H,21,24);1H. The summed E-state index contributed by atoms with van der Waals surface area (Å²) in [6.45, 7) is 4.54. The van der Waals surface area contributed by atoms with Gasteiger partial charge in [0, 0.05) is 52.2 Å². The van der Waals surface area contributed by atoms with Crippen molar-refractivity contribution in [2.45, 2.75) is 38.1 Å². The van der Waals surface area contributed by atoms with Crippen molar-refractivity contribution in [2.75, 3.05) is 44.7 Å². The highest BCUT2D eigenvalue weighted by molar-refractivity contribution is 14.0. The van der Waals surface area contributed by atoms with Gasteiger partial charge in [-0.05, 0) is 30.4 Å². The lowest BCUT2D eigenvalue weighted by Gasteiger charge is -2.37. The van der Waals surface area contributed by atoms with E-state index in [1.807, 2.05) is 7.05 Å². The minimum atomic E-state index is 0. The Morgan fingerprint density at radius 1 is 1.27 bits per heavy atom. The third-order valence-electron chi connectivity index (χ3n) is 4.96. The zero-order valence-corrected chi connectivity index (χ0v) is 18.6. The average Bonchev–Trinajstić information content (AvgIpc) is 3.33. The van der Waals surface area contributed by atoms with Gasteiger partial charge < -0.3 is 20.4 Å². The van der Waals surface area contributed by atoms with E-state index >= 15 is 0 Å². The zero-order chi connectivity index (χ0) is 17.5. The SMILES string of the molecule is CN=C(NCCC(=O)NC1CCCC1)N1CCN(c2cccs2)CC1.I. The van der Waals surface area contributed by atoms with Crippen LogP contribution in [-0.2, 0) is 4.79 Å². The van der Waals surface area contributed by atoms with E-state index < -0.39 is 0 Å². The van der Waals surface area contributed by atoms with Gasteiger partial charge in [-0.25, -0.2) is 0 Å². The van der Waals surface area contributed by atoms with Crippen LogP contribution in [0, 0.1) is 0 Å². The molecule has 0 aromatic carbocycles. The third-order valence-corrected chi connectivity index (χ3v) is 5.89. The van der Waals surface area contributed by atoms with Crippen LogP contribution in [0.5, 0.6) is 0 Å². The van der Waals surface area contributed by atoms with Crippen LogP contribution >= 0.6 is 35.3 Å². The molecular formula is C18H30IN5OS. The first-order chi connectivity index (χ1) is 12.3. The van der Waals surface area contributed by atoms with Gasteiger partial charge in [0.25, 0.3) is 0 Å². The van der Waals surface area contributed by atoms with Crippen LogP contribution in [0.1, 0.15) is 32.1 Å². The molecule has 1 saturated heterocycles. The normalized spacial score (nSPS) is 18.6. The number of anilines is 1. The molecule has 146 valence electrons. The van der Waals surface area contributed by atoms with Crippen LogP contribution in [-0.4, -0.2) is 62.6 Å². The molecule has 26 heavy (non-hydrogen) atoms.